The summed E-state index contributed by atoms with van der Waals surface area (Å²) in [4.78, 5) is 0. The smallest absolute Gasteiger partial charge is 0.00399 e. The fraction of sp³-hybridized carbons (Fsp3) is 1.00. The first kappa shape index (κ1) is 9.31. The summed E-state index contributed by atoms with van der Waals surface area (Å²) in [5.41, 5.74) is 0.406. The van der Waals surface area contributed by atoms with Gasteiger partial charge in [-0.1, -0.05) is 20.8 Å². The highest BCUT2D eigenvalue weighted by atomic mass is 32.1. The van der Waals surface area contributed by atoms with E-state index in [-0.39, 0.29) is 0 Å². The quantitative estimate of drug-likeness (QED) is 0.456. The van der Waals surface area contributed by atoms with Gasteiger partial charge in [0.25, 0.3) is 0 Å². The minimum Gasteiger partial charge on any atom is -0.315 e. The van der Waals surface area contributed by atoms with E-state index in [4.69, 9.17) is 0 Å². The van der Waals surface area contributed by atoms with Crippen LogP contribution in [0, 0.1) is 5.41 Å². The Bertz CT molecular complexity index is 65.8. The summed E-state index contributed by atoms with van der Waals surface area (Å²) in [6.07, 6.45) is 0. The maximum absolute atomic E-state index is 4.09. The van der Waals surface area contributed by atoms with Gasteiger partial charge in [-0.2, -0.15) is 12.6 Å². The molecule has 0 aromatic heterocycles. The molecule has 1 nitrogen and oxygen atoms in total. The van der Waals surface area contributed by atoms with Crippen LogP contribution in [-0.2, 0) is 0 Å². The van der Waals surface area contributed by atoms with E-state index < -0.39 is 0 Å². The summed E-state index contributed by atoms with van der Waals surface area (Å²) < 4.78 is 0. The predicted molar refractivity (Wildman–Crippen MR) is 46.2 cm³/mol. The molecular formula is C7H17NS. The van der Waals surface area contributed by atoms with Gasteiger partial charge in [0.1, 0.15) is 0 Å². The molecule has 0 saturated carbocycles. The highest BCUT2D eigenvalue weighted by Crippen LogP contribution is 2.09. The van der Waals surface area contributed by atoms with Crippen molar-refractivity contribution in [2.24, 2.45) is 5.41 Å². The molecule has 0 saturated heterocycles. The van der Waals surface area contributed by atoms with Crippen LogP contribution < -0.4 is 5.32 Å². The lowest BCUT2D eigenvalue weighted by Gasteiger charge is -2.17. The van der Waals surface area contributed by atoms with Gasteiger partial charge >= 0.3 is 0 Å². The van der Waals surface area contributed by atoms with E-state index in [0.717, 1.165) is 18.8 Å². The number of rotatable bonds is 3. The molecule has 0 bridgehead atoms. The van der Waals surface area contributed by atoms with Crippen LogP contribution in [0.5, 0.6) is 0 Å². The monoisotopic (exact) mass is 147 g/mol. The average Bonchev–Trinajstić information content (AvgIpc) is 1.63. The molecule has 56 valence electrons. The molecule has 0 aliphatic rings. The third-order valence-electron chi connectivity index (χ3n) is 0.944. The second-order valence-corrected chi connectivity index (χ2v) is 3.91. The van der Waals surface area contributed by atoms with Crippen LogP contribution in [-0.4, -0.2) is 18.8 Å². The van der Waals surface area contributed by atoms with Crippen LogP contribution >= 0.6 is 12.6 Å². The van der Waals surface area contributed by atoms with Crippen LogP contribution in [0.1, 0.15) is 20.8 Å². The molecule has 1 N–H and O–H groups in total. The van der Waals surface area contributed by atoms with E-state index >= 15 is 0 Å². The van der Waals surface area contributed by atoms with Crippen molar-refractivity contribution >= 4 is 12.6 Å². The molecule has 0 radical (unpaired) electrons. The number of hydrogen-bond donors (Lipinski definition) is 2. The SMILES string of the molecule is CC(C)(C)CNCCS. The highest BCUT2D eigenvalue weighted by molar-refractivity contribution is 7.80. The molecule has 0 rings (SSSR count). The zero-order chi connectivity index (χ0) is 7.33. The first-order valence-corrected chi connectivity index (χ1v) is 4.01. The van der Waals surface area contributed by atoms with Gasteiger partial charge in [0, 0.05) is 18.8 Å². The Morgan fingerprint density at radius 3 is 2.22 bits per heavy atom. The summed E-state index contributed by atoms with van der Waals surface area (Å²) in [5, 5.41) is 3.30. The summed E-state index contributed by atoms with van der Waals surface area (Å²) in [5.74, 6) is 0.927. The molecule has 0 aromatic carbocycles. The Kier molecular flexibility index (Phi) is 4.32. The minimum atomic E-state index is 0.406. The van der Waals surface area contributed by atoms with Crippen molar-refractivity contribution < 1.29 is 0 Å². The molecule has 2 heteroatoms. The van der Waals surface area contributed by atoms with Crippen molar-refractivity contribution in [1.29, 1.82) is 0 Å². The highest BCUT2D eigenvalue weighted by Gasteiger charge is 2.07. The molecule has 0 aromatic rings. The molecule has 0 aliphatic heterocycles. The average molecular weight is 147 g/mol. The molecule has 0 unspecified atom stereocenters. The van der Waals surface area contributed by atoms with Crippen molar-refractivity contribution in [1.82, 2.24) is 5.32 Å². The molecule has 9 heavy (non-hydrogen) atoms. The van der Waals surface area contributed by atoms with Gasteiger partial charge in [0.15, 0.2) is 0 Å². The first-order chi connectivity index (χ1) is 4.06. The number of hydrogen-bond acceptors (Lipinski definition) is 2. The largest absolute Gasteiger partial charge is 0.315 e. The van der Waals surface area contributed by atoms with Crippen molar-refractivity contribution in [3.8, 4) is 0 Å². The molecular weight excluding hydrogens is 130 g/mol. The third kappa shape index (κ3) is 8.31. The van der Waals surface area contributed by atoms with Gasteiger partial charge in [-0.25, -0.2) is 0 Å². The van der Waals surface area contributed by atoms with Crippen LogP contribution in [0.3, 0.4) is 0 Å². The second kappa shape index (κ2) is 4.18. The molecule has 0 heterocycles. The van der Waals surface area contributed by atoms with E-state index in [1.165, 1.54) is 0 Å². The summed E-state index contributed by atoms with van der Waals surface area (Å²) in [7, 11) is 0. The van der Waals surface area contributed by atoms with Gasteiger partial charge < -0.3 is 5.32 Å². The Hall–Kier alpha value is 0.310. The zero-order valence-electron chi connectivity index (χ0n) is 6.57. The maximum atomic E-state index is 4.09. The Balaban J connectivity index is 3.07. The van der Waals surface area contributed by atoms with E-state index in [2.05, 4.69) is 38.7 Å². The molecule has 0 aliphatic carbocycles. The van der Waals surface area contributed by atoms with Crippen LogP contribution in [0.15, 0.2) is 0 Å². The van der Waals surface area contributed by atoms with Gasteiger partial charge in [0.2, 0.25) is 0 Å². The van der Waals surface area contributed by atoms with Crippen molar-refractivity contribution in [2.45, 2.75) is 20.8 Å². The van der Waals surface area contributed by atoms with E-state index in [1.54, 1.807) is 0 Å². The normalized spacial score (nSPS) is 12.0. The van der Waals surface area contributed by atoms with E-state index in [1.807, 2.05) is 0 Å². The van der Waals surface area contributed by atoms with E-state index in [0.29, 0.717) is 5.41 Å². The van der Waals surface area contributed by atoms with Crippen LogP contribution in [0.25, 0.3) is 0 Å². The van der Waals surface area contributed by atoms with Gasteiger partial charge in [-0.3, -0.25) is 0 Å². The van der Waals surface area contributed by atoms with Gasteiger partial charge in [0.05, 0.1) is 0 Å². The maximum Gasteiger partial charge on any atom is 0.00399 e. The summed E-state index contributed by atoms with van der Waals surface area (Å²) in [6, 6.07) is 0. The second-order valence-electron chi connectivity index (χ2n) is 3.46. The lowest BCUT2D eigenvalue weighted by Crippen LogP contribution is -2.28. The summed E-state index contributed by atoms with van der Waals surface area (Å²) in [6.45, 7) is 8.75. The standard InChI is InChI=1S/C7H17NS/c1-7(2,3)6-8-4-5-9/h8-9H,4-6H2,1-3H3. The third-order valence-corrected chi connectivity index (χ3v) is 1.17. The van der Waals surface area contributed by atoms with Gasteiger partial charge in [-0.15, -0.1) is 0 Å². The first-order valence-electron chi connectivity index (χ1n) is 3.38. The fourth-order valence-electron chi connectivity index (χ4n) is 0.542. The Morgan fingerprint density at radius 1 is 1.33 bits per heavy atom. The Morgan fingerprint density at radius 2 is 1.89 bits per heavy atom. The predicted octanol–water partition coefficient (Wildman–Crippen LogP) is 1.55. The fourth-order valence-corrected chi connectivity index (χ4v) is 0.701. The Labute approximate surface area is 63.6 Å². The topological polar surface area (TPSA) is 12.0 Å². The minimum absolute atomic E-state index is 0.406. The summed E-state index contributed by atoms with van der Waals surface area (Å²) >= 11 is 4.09. The van der Waals surface area contributed by atoms with Crippen molar-refractivity contribution in [3.63, 3.8) is 0 Å². The number of nitrogens with one attached hydrogen (secondary N) is 1. The molecule has 0 atom stereocenters. The molecule has 0 spiro atoms. The van der Waals surface area contributed by atoms with Crippen LogP contribution in [0.4, 0.5) is 0 Å². The van der Waals surface area contributed by atoms with Crippen molar-refractivity contribution in [3.05, 3.63) is 0 Å². The van der Waals surface area contributed by atoms with Gasteiger partial charge in [-0.05, 0) is 5.41 Å². The molecule has 0 fully saturated rings. The van der Waals surface area contributed by atoms with Crippen LogP contribution in [0.2, 0.25) is 0 Å². The van der Waals surface area contributed by atoms with Crippen molar-refractivity contribution in [2.75, 3.05) is 18.8 Å². The lowest BCUT2D eigenvalue weighted by molar-refractivity contribution is 0.386. The lowest BCUT2D eigenvalue weighted by atomic mass is 9.97. The molecule has 0 amide bonds. The number of thiol groups is 1. The zero-order valence-corrected chi connectivity index (χ0v) is 7.46. The van der Waals surface area contributed by atoms with E-state index in [9.17, 15) is 0 Å².